The average Bonchev–Trinajstić information content (AvgIpc) is 3.04. The molecule has 5 rings (SSSR count). The number of halogens is 1. The molecule has 0 saturated carbocycles. The molecule has 8 heteroatoms. The molecule has 0 bridgehead atoms. The zero-order valence-corrected chi connectivity index (χ0v) is 28.2. The normalized spacial score (nSPS) is 18.0. The van der Waals surface area contributed by atoms with Crippen LogP contribution in [-0.4, -0.2) is 72.0 Å². The molecule has 2 aliphatic rings. The lowest BCUT2D eigenvalue weighted by molar-refractivity contribution is -0.138. The molecule has 1 fully saturated rings. The minimum Gasteiger partial charge on any atom is -0.343 e. The highest BCUT2D eigenvalue weighted by molar-refractivity contribution is 6.30. The van der Waals surface area contributed by atoms with E-state index in [1.54, 1.807) is 0 Å². The van der Waals surface area contributed by atoms with Gasteiger partial charge in [-0.3, -0.25) is 14.5 Å². The van der Waals surface area contributed by atoms with Gasteiger partial charge in [-0.05, 0) is 47.7 Å². The number of carbonyl (C=O) groups excluding carboxylic acids is 2. The number of carbonyl (C=O) groups is 2. The number of nitrogens with one attached hydrogen (secondary N) is 3. The van der Waals surface area contributed by atoms with Crippen molar-refractivity contribution in [1.29, 1.82) is 0 Å². The van der Waals surface area contributed by atoms with E-state index >= 15 is 0 Å². The van der Waals surface area contributed by atoms with Gasteiger partial charge in [0.05, 0.1) is 6.04 Å². The zero-order chi connectivity index (χ0) is 32.3. The van der Waals surface area contributed by atoms with Crippen LogP contribution < -0.4 is 16.0 Å². The van der Waals surface area contributed by atoms with E-state index in [1.165, 1.54) is 16.7 Å². The molecule has 3 unspecified atom stereocenters. The molecule has 3 aromatic carbocycles. The maximum atomic E-state index is 13.8. The zero-order valence-electron chi connectivity index (χ0n) is 27.4. The SMILES string of the molecule is CC(C)NC(C)C.CC(c1ccccc1)N1CCN(C(=O)C(Cc2ccc(Cl)cc2)NC(=O)C2Cc3ccccc3CN2)CC1. The summed E-state index contributed by atoms with van der Waals surface area (Å²) in [5.41, 5.74) is 4.64. The predicted octanol–water partition coefficient (Wildman–Crippen LogP) is 5.38. The Morgan fingerprint density at radius 1 is 0.822 bits per heavy atom. The van der Waals surface area contributed by atoms with E-state index in [0.717, 1.165) is 18.7 Å². The van der Waals surface area contributed by atoms with Gasteiger partial charge in [0.2, 0.25) is 11.8 Å². The van der Waals surface area contributed by atoms with Crippen LogP contribution in [0.4, 0.5) is 0 Å². The van der Waals surface area contributed by atoms with E-state index in [2.05, 4.69) is 91.9 Å². The van der Waals surface area contributed by atoms with Crippen LogP contribution >= 0.6 is 11.6 Å². The highest BCUT2D eigenvalue weighted by Crippen LogP contribution is 2.22. The van der Waals surface area contributed by atoms with Gasteiger partial charge in [-0.15, -0.1) is 0 Å². The Hall–Kier alpha value is -3.23. The number of fused-ring (bicyclic) bond motifs is 1. The third-order valence-electron chi connectivity index (χ3n) is 8.49. The Morgan fingerprint density at radius 2 is 1.42 bits per heavy atom. The summed E-state index contributed by atoms with van der Waals surface area (Å²) in [6.07, 6.45) is 1.03. The molecule has 242 valence electrons. The van der Waals surface area contributed by atoms with E-state index in [0.29, 0.717) is 55.6 Å². The molecular weight excluding hydrogens is 582 g/mol. The van der Waals surface area contributed by atoms with Gasteiger partial charge in [-0.1, -0.05) is 106 Å². The van der Waals surface area contributed by atoms with Crippen molar-refractivity contribution < 1.29 is 9.59 Å². The summed E-state index contributed by atoms with van der Waals surface area (Å²) >= 11 is 6.09. The van der Waals surface area contributed by atoms with Crippen molar-refractivity contribution in [1.82, 2.24) is 25.8 Å². The van der Waals surface area contributed by atoms with Crippen LogP contribution in [-0.2, 0) is 29.0 Å². The van der Waals surface area contributed by atoms with Crippen LogP contribution in [0.15, 0.2) is 78.9 Å². The summed E-state index contributed by atoms with van der Waals surface area (Å²) in [4.78, 5) is 31.5. The quantitative estimate of drug-likeness (QED) is 0.296. The Kier molecular flexibility index (Phi) is 13.0. The van der Waals surface area contributed by atoms with Crippen molar-refractivity contribution in [3.05, 3.63) is 106 Å². The number of nitrogens with zero attached hydrogens (tertiary/aromatic N) is 2. The first-order valence-electron chi connectivity index (χ1n) is 16.3. The smallest absolute Gasteiger partial charge is 0.245 e. The molecule has 0 spiro atoms. The molecule has 0 aromatic heterocycles. The first kappa shape index (κ1) is 34.6. The van der Waals surface area contributed by atoms with Crippen LogP contribution in [0.5, 0.6) is 0 Å². The maximum Gasteiger partial charge on any atom is 0.245 e. The van der Waals surface area contributed by atoms with Crippen molar-refractivity contribution in [2.45, 2.75) is 84.2 Å². The van der Waals surface area contributed by atoms with Gasteiger partial charge in [0.1, 0.15) is 6.04 Å². The van der Waals surface area contributed by atoms with Gasteiger partial charge in [0.15, 0.2) is 0 Å². The number of benzene rings is 3. The fraction of sp³-hybridized carbons (Fsp3) is 0.459. The highest BCUT2D eigenvalue weighted by Gasteiger charge is 2.32. The van der Waals surface area contributed by atoms with Crippen LogP contribution in [0.2, 0.25) is 5.02 Å². The molecule has 1 saturated heterocycles. The summed E-state index contributed by atoms with van der Waals surface area (Å²) in [5.74, 6) is -0.167. The van der Waals surface area contributed by atoms with Crippen molar-refractivity contribution in [3.8, 4) is 0 Å². The summed E-state index contributed by atoms with van der Waals surface area (Å²) in [6, 6.07) is 26.7. The number of rotatable bonds is 9. The molecule has 2 aliphatic heterocycles. The Balaban J connectivity index is 0.000000591. The minimum absolute atomic E-state index is 0.0310. The van der Waals surface area contributed by atoms with Gasteiger partial charge in [-0.2, -0.15) is 0 Å². The molecule has 7 nitrogen and oxygen atoms in total. The van der Waals surface area contributed by atoms with Crippen LogP contribution in [0, 0.1) is 0 Å². The number of piperazine rings is 1. The largest absolute Gasteiger partial charge is 0.343 e. The second kappa shape index (κ2) is 16.9. The lowest BCUT2D eigenvalue weighted by Crippen LogP contribution is -2.58. The molecule has 0 aliphatic carbocycles. The van der Waals surface area contributed by atoms with Gasteiger partial charge < -0.3 is 20.9 Å². The van der Waals surface area contributed by atoms with Crippen LogP contribution in [0.25, 0.3) is 0 Å². The van der Waals surface area contributed by atoms with E-state index in [1.807, 2.05) is 47.4 Å². The van der Waals surface area contributed by atoms with Gasteiger partial charge in [0.25, 0.3) is 0 Å². The summed E-state index contributed by atoms with van der Waals surface area (Å²) < 4.78 is 0. The number of hydrogen-bond acceptors (Lipinski definition) is 5. The van der Waals surface area contributed by atoms with Gasteiger partial charge in [-0.25, -0.2) is 0 Å². The lowest BCUT2D eigenvalue weighted by Gasteiger charge is -2.39. The van der Waals surface area contributed by atoms with Crippen molar-refractivity contribution in [3.63, 3.8) is 0 Å². The standard InChI is InChI=1S/C31H35ClN4O2.C6H15N/c1-22(24-7-3-2-4-8-24)35-15-17-36(18-16-35)31(38)29(19-23-11-13-27(32)14-12-23)34-30(37)28-20-25-9-5-6-10-26(25)21-33-28;1-5(2)7-6(3)4/h2-14,22,28-29,33H,15-21H2,1H3,(H,34,37);5-7H,1-4H3. The van der Waals surface area contributed by atoms with Crippen LogP contribution in [0.1, 0.15) is 62.9 Å². The second-order valence-electron chi connectivity index (χ2n) is 12.7. The van der Waals surface area contributed by atoms with E-state index in [4.69, 9.17) is 11.6 Å². The third-order valence-corrected chi connectivity index (χ3v) is 8.74. The molecule has 2 amide bonds. The topological polar surface area (TPSA) is 76.7 Å². The van der Waals surface area contributed by atoms with Crippen molar-refractivity contribution >= 4 is 23.4 Å². The fourth-order valence-corrected chi connectivity index (χ4v) is 6.25. The number of hydrogen-bond donors (Lipinski definition) is 3. The van der Waals surface area contributed by atoms with Crippen LogP contribution in [0.3, 0.4) is 0 Å². The van der Waals surface area contributed by atoms with E-state index in [9.17, 15) is 9.59 Å². The minimum atomic E-state index is -0.638. The second-order valence-corrected chi connectivity index (χ2v) is 13.2. The van der Waals surface area contributed by atoms with Gasteiger partial charge >= 0.3 is 0 Å². The highest BCUT2D eigenvalue weighted by atomic mass is 35.5. The summed E-state index contributed by atoms with van der Waals surface area (Å²) in [6.45, 7) is 14.3. The lowest BCUT2D eigenvalue weighted by atomic mass is 9.95. The van der Waals surface area contributed by atoms with Crippen molar-refractivity contribution in [2.75, 3.05) is 26.2 Å². The average molecular weight is 632 g/mol. The summed E-state index contributed by atoms with van der Waals surface area (Å²) in [5, 5.41) is 10.4. The predicted molar refractivity (Wildman–Crippen MR) is 184 cm³/mol. The first-order chi connectivity index (χ1) is 21.6. The van der Waals surface area contributed by atoms with E-state index in [-0.39, 0.29) is 17.9 Å². The molecule has 45 heavy (non-hydrogen) atoms. The van der Waals surface area contributed by atoms with Gasteiger partial charge in [0, 0.05) is 62.3 Å². The maximum absolute atomic E-state index is 13.8. The Labute approximate surface area is 274 Å². The Morgan fingerprint density at radius 3 is 2.02 bits per heavy atom. The molecular formula is C37H50ClN5O2. The van der Waals surface area contributed by atoms with E-state index < -0.39 is 6.04 Å². The summed E-state index contributed by atoms with van der Waals surface area (Å²) in [7, 11) is 0. The monoisotopic (exact) mass is 631 g/mol. The molecule has 2 heterocycles. The Bertz CT molecular complexity index is 1350. The third kappa shape index (κ3) is 10.4. The number of amides is 2. The first-order valence-corrected chi connectivity index (χ1v) is 16.7. The fourth-order valence-electron chi connectivity index (χ4n) is 6.13. The molecule has 3 atom stereocenters. The molecule has 0 radical (unpaired) electrons. The molecule has 3 aromatic rings. The molecule has 3 N–H and O–H groups in total. The van der Waals surface area contributed by atoms with Crippen molar-refractivity contribution in [2.24, 2.45) is 0 Å².